The fraction of sp³-hybridized carbons (Fsp3) is 0.0588. The average molecular weight is 314 g/mol. The van der Waals surface area contributed by atoms with E-state index in [1.54, 1.807) is 37.4 Å². The van der Waals surface area contributed by atoms with Crippen molar-refractivity contribution in [3.8, 4) is 17.4 Å². The number of aldehydes is 1. The second-order valence-electron chi connectivity index (χ2n) is 4.62. The Kier molecular flexibility index (Phi) is 3.94. The molecule has 3 rings (SSSR count). The third kappa shape index (κ3) is 2.87. The van der Waals surface area contributed by atoms with Crippen LogP contribution in [0.5, 0.6) is 17.4 Å². The van der Waals surface area contributed by atoms with Crippen molar-refractivity contribution in [3.63, 3.8) is 0 Å². The molecule has 0 aliphatic carbocycles. The SMILES string of the molecule is COc1ccc2nc(Oc3ccc(Cl)cc3)c(C=O)cc2c1. The van der Waals surface area contributed by atoms with Crippen molar-refractivity contribution in [2.45, 2.75) is 0 Å². The molecule has 0 unspecified atom stereocenters. The summed E-state index contributed by atoms with van der Waals surface area (Å²) in [5.74, 6) is 1.53. The monoisotopic (exact) mass is 313 g/mol. The molecule has 22 heavy (non-hydrogen) atoms. The summed E-state index contributed by atoms with van der Waals surface area (Å²) >= 11 is 5.84. The summed E-state index contributed by atoms with van der Waals surface area (Å²) in [6.07, 6.45) is 0.719. The maximum absolute atomic E-state index is 11.3. The van der Waals surface area contributed by atoms with E-state index in [0.29, 0.717) is 22.1 Å². The number of rotatable bonds is 4. The topological polar surface area (TPSA) is 48.4 Å². The van der Waals surface area contributed by atoms with Gasteiger partial charge in [-0.2, -0.15) is 0 Å². The summed E-state index contributed by atoms with van der Waals surface area (Å²) in [6, 6.07) is 14.0. The molecular weight excluding hydrogens is 302 g/mol. The first kappa shape index (κ1) is 14.4. The molecule has 0 N–H and O–H groups in total. The van der Waals surface area contributed by atoms with Gasteiger partial charge in [0.2, 0.25) is 5.88 Å². The summed E-state index contributed by atoms with van der Waals surface area (Å²) in [7, 11) is 1.59. The van der Waals surface area contributed by atoms with Gasteiger partial charge in [0.05, 0.1) is 18.2 Å². The number of carbonyl (C=O) groups is 1. The van der Waals surface area contributed by atoms with Crippen molar-refractivity contribution in [1.29, 1.82) is 0 Å². The third-order valence-electron chi connectivity index (χ3n) is 3.17. The number of pyridine rings is 1. The molecule has 4 nitrogen and oxygen atoms in total. The predicted octanol–water partition coefficient (Wildman–Crippen LogP) is 4.50. The van der Waals surface area contributed by atoms with Gasteiger partial charge in [0, 0.05) is 10.4 Å². The Labute approximate surface area is 132 Å². The second kappa shape index (κ2) is 6.03. The zero-order chi connectivity index (χ0) is 15.5. The molecule has 3 aromatic rings. The van der Waals surface area contributed by atoms with Gasteiger partial charge in [-0.3, -0.25) is 4.79 Å². The van der Waals surface area contributed by atoms with Crippen LogP contribution in [0.4, 0.5) is 0 Å². The number of fused-ring (bicyclic) bond motifs is 1. The second-order valence-corrected chi connectivity index (χ2v) is 5.05. The number of hydrogen-bond acceptors (Lipinski definition) is 4. The normalized spacial score (nSPS) is 10.5. The Hall–Kier alpha value is -2.59. The van der Waals surface area contributed by atoms with Crippen LogP contribution in [-0.4, -0.2) is 18.4 Å². The maximum atomic E-state index is 11.3. The van der Waals surface area contributed by atoms with Crippen LogP contribution in [0.3, 0.4) is 0 Å². The van der Waals surface area contributed by atoms with Crippen molar-refractivity contribution in [2.75, 3.05) is 7.11 Å². The van der Waals surface area contributed by atoms with Gasteiger partial charge in [0.15, 0.2) is 6.29 Å². The van der Waals surface area contributed by atoms with E-state index in [-0.39, 0.29) is 5.88 Å². The summed E-state index contributed by atoms with van der Waals surface area (Å²) in [5.41, 5.74) is 1.09. The molecule has 0 saturated carbocycles. The van der Waals surface area contributed by atoms with E-state index < -0.39 is 0 Å². The van der Waals surface area contributed by atoms with Crippen LogP contribution >= 0.6 is 11.6 Å². The predicted molar refractivity (Wildman–Crippen MR) is 85.2 cm³/mol. The number of benzene rings is 2. The van der Waals surface area contributed by atoms with Gasteiger partial charge in [-0.1, -0.05) is 11.6 Å². The molecular formula is C17H12ClNO3. The first-order chi connectivity index (χ1) is 10.7. The molecule has 0 aliphatic rings. The molecule has 0 aliphatic heterocycles. The number of methoxy groups -OCH3 is 1. The van der Waals surface area contributed by atoms with Crippen molar-refractivity contribution in [3.05, 3.63) is 59.1 Å². The first-order valence-electron chi connectivity index (χ1n) is 6.57. The van der Waals surface area contributed by atoms with Crippen molar-refractivity contribution in [1.82, 2.24) is 4.98 Å². The minimum absolute atomic E-state index is 0.259. The van der Waals surface area contributed by atoms with Crippen molar-refractivity contribution in [2.24, 2.45) is 0 Å². The van der Waals surface area contributed by atoms with E-state index in [9.17, 15) is 4.79 Å². The summed E-state index contributed by atoms with van der Waals surface area (Å²) in [5, 5.41) is 1.42. The van der Waals surface area contributed by atoms with Gasteiger partial charge in [-0.15, -0.1) is 0 Å². The van der Waals surface area contributed by atoms with Gasteiger partial charge in [0.1, 0.15) is 11.5 Å². The Bertz CT molecular complexity index is 831. The van der Waals surface area contributed by atoms with Crippen LogP contribution in [0.2, 0.25) is 5.02 Å². The van der Waals surface area contributed by atoms with E-state index in [1.807, 2.05) is 18.2 Å². The minimum Gasteiger partial charge on any atom is -0.497 e. The molecule has 5 heteroatoms. The Morgan fingerprint density at radius 1 is 1.05 bits per heavy atom. The molecule has 0 fully saturated rings. The van der Waals surface area contributed by atoms with E-state index in [1.165, 1.54) is 0 Å². The lowest BCUT2D eigenvalue weighted by Crippen LogP contribution is -1.95. The minimum atomic E-state index is 0.259. The highest BCUT2D eigenvalue weighted by atomic mass is 35.5. The molecule has 110 valence electrons. The van der Waals surface area contributed by atoms with Gasteiger partial charge in [0.25, 0.3) is 0 Å². The fourth-order valence-corrected chi connectivity index (χ4v) is 2.19. The Balaban J connectivity index is 2.04. The fourth-order valence-electron chi connectivity index (χ4n) is 2.06. The van der Waals surface area contributed by atoms with Crippen LogP contribution in [0.25, 0.3) is 10.9 Å². The molecule has 0 radical (unpaired) electrons. The molecule has 0 bridgehead atoms. The van der Waals surface area contributed by atoms with Crippen LogP contribution in [0.1, 0.15) is 10.4 Å². The molecule has 1 aromatic heterocycles. The molecule has 1 heterocycles. The highest BCUT2D eigenvalue weighted by molar-refractivity contribution is 6.30. The zero-order valence-electron chi connectivity index (χ0n) is 11.7. The van der Waals surface area contributed by atoms with Crippen LogP contribution in [-0.2, 0) is 0 Å². The Morgan fingerprint density at radius 2 is 1.77 bits per heavy atom. The lowest BCUT2D eigenvalue weighted by Gasteiger charge is -2.09. The highest BCUT2D eigenvalue weighted by Crippen LogP contribution is 2.28. The molecule has 0 spiro atoms. The highest BCUT2D eigenvalue weighted by Gasteiger charge is 2.10. The van der Waals surface area contributed by atoms with Crippen LogP contribution in [0, 0.1) is 0 Å². The van der Waals surface area contributed by atoms with E-state index in [0.717, 1.165) is 17.2 Å². The van der Waals surface area contributed by atoms with Gasteiger partial charge >= 0.3 is 0 Å². The summed E-state index contributed by atoms with van der Waals surface area (Å²) in [6.45, 7) is 0. The van der Waals surface area contributed by atoms with Crippen LogP contribution < -0.4 is 9.47 Å². The van der Waals surface area contributed by atoms with E-state index in [4.69, 9.17) is 21.1 Å². The third-order valence-corrected chi connectivity index (χ3v) is 3.42. The molecule has 2 aromatic carbocycles. The van der Waals surface area contributed by atoms with Gasteiger partial charge in [-0.25, -0.2) is 4.98 Å². The average Bonchev–Trinajstić information content (AvgIpc) is 2.55. The van der Waals surface area contributed by atoms with Gasteiger partial charge in [-0.05, 0) is 48.5 Å². The maximum Gasteiger partial charge on any atom is 0.230 e. The van der Waals surface area contributed by atoms with E-state index >= 15 is 0 Å². The molecule has 0 saturated heterocycles. The lowest BCUT2D eigenvalue weighted by atomic mass is 10.1. The quantitative estimate of drug-likeness (QED) is 0.665. The largest absolute Gasteiger partial charge is 0.497 e. The zero-order valence-corrected chi connectivity index (χ0v) is 12.5. The van der Waals surface area contributed by atoms with Crippen molar-refractivity contribution < 1.29 is 14.3 Å². The number of hydrogen-bond donors (Lipinski definition) is 0. The summed E-state index contributed by atoms with van der Waals surface area (Å²) < 4.78 is 10.9. The van der Waals surface area contributed by atoms with Crippen LogP contribution in [0.15, 0.2) is 48.5 Å². The number of ether oxygens (including phenoxy) is 2. The standard InChI is InChI=1S/C17H12ClNO3/c1-21-15-6-7-16-11(9-15)8-12(10-20)17(19-16)22-14-4-2-13(18)3-5-14/h2-10H,1H3. The lowest BCUT2D eigenvalue weighted by molar-refractivity contribution is 0.112. The summed E-state index contributed by atoms with van der Waals surface area (Å²) in [4.78, 5) is 15.7. The van der Waals surface area contributed by atoms with E-state index in [2.05, 4.69) is 4.98 Å². The molecule has 0 atom stereocenters. The number of nitrogens with zero attached hydrogens (tertiary/aromatic N) is 1. The number of halogens is 1. The first-order valence-corrected chi connectivity index (χ1v) is 6.95. The van der Waals surface area contributed by atoms with Crippen molar-refractivity contribution >= 4 is 28.8 Å². The smallest absolute Gasteiger partial charge is 0.230 e. The Morgan fingerprint density at radius 3 is 2.45 bits per heavy atom. The molecule has 0 amide bonds. The van der Waals surface area contributed by atoms with Gasteiger partial charge < -0.3 is 9.47 Å². The number of carbonyl (C=O) groups excluding carboxylic acids is 1. The number of aromatic nitrogens is 1.